The molecule has 1 aromatic carbocycles. The molecule has 0 bridgehead atoms. The van der Waals surface area contributed by atoms with Crippen LogP contribution in [0.3, 0.4) is 0 Å². The third kappa shape index (κ3) is 6.95. The van der Waals surface area contributed by atoms with Gasteiger partial charge >= 0.3 is 0 Å². The van der Waals surface area contributed by atoms with Gasteiger partial charge in [-0.1, -0.05) is 54.6 Å². The van der Waals surface area contributed by atoms with Crippen molar-refractivity contribution in [1.82, 2.24) is 5.32 Å². The van der Waals surface area contributed by atoms with Crippen molar-refractivity contribution in [3.63, 3.8) is 0 Å². The van der Waals surface area contributed by atoms with E-state index in [1.54, 1.807) is 31.4 Å². The lowest BCUT2D eigenvalue weighted by molar-refractivity contribution is -0.123. The minimum absolute atomic E-state index is 0.210. The van der Waals surface area contributed by atoms with Crippen LogP contribution in [0, 0.1) is 0 Å². The van der Waals surface area contributed by atoms with Crippen molar-refractivity contribution in [1.29, 1.82) is 0 Å². The quantitative estimate of drug-likeness (QED) is 0.418. The molecule has 1 N–H and O–H groups in total. The van der Waals surface area contributed by atoms with Gasteiger partial charge in [-0.05, 0) is 30.7 Å². The molecule has 1 rings (SSSR count). The molecule has 124 valence electrons. The molecule has 0 radical (unpaired) electrons. The Hall–Kier alpha value is -0.840. The molecule has 0 aliphatic rings. The van der Waals surface area contributed by atoms with E-state index in [1.807, 2.05) is 0 Å². The fourth-order valence-corrected chi connectivity index (χ4v) is 2.02. The van der Waals surface area contributed by atoms with E-state index in [-0.39, 0.29) is 5.91 Å². The third-order valence-electron chi connectivity index (χ3n) is 2.91. The fourth-order valence-electron chi connectivity index (χ4n) is 1.72. The zero-order chi connectivity index (χ0) is 16.6. The van der Waals surface area contributed by atoms with Crippen molar-refractivity contribution in [3.05, 3.63) is 24.3 Å². The van der Waals surface area contributed by atoms with E-state index >= 15 is 0 Å². The highest BCUT2D eigenvalue weighted by atomic mass is 35.6. The molecule has 4 nitrogen and oxygen atoms in total. The van der Waals surface area contributed by atoms with Crippen LogP contribution in [0.4, 0.5) is 0 Å². The number of amides is 1. The van der Waals surface area contributed by atoms with Crippen LogP contribution in [0.15, 0.2) is 24.3 Å². The molecular weight excluding hydrogens is 349 g/mol. The zero-order valence-electron chi connectivity index (χ0n) is 12.6. The lowest BCUT2D eigenvalue weighted by Crippen LogP contribution is -2.47. The van der Waals surface area contributed by atoms with Gasteiger partial charge in [0.1, 0.15) is 11.5 Å². The predicted octanol–water partition coefficient (Wildman–Crippen LogP) is 4.47. The molecule has 1 atom stereocenters. The molecule has 0 saturated carbocycles. The molecule has 0 aliphatic heterocycles. The topological polar surface area (TPSA) is 47.6 Å². The highest BCUT2D eigenvalue weighted by molar-refractivity contribution is 6.68. The summed E-state index contributed by atoms with van der Waals surface area (Å²) in [5.74, 6) is 0.936. The van der Waals surface area contributed by atoms with Crippen molar-refractivity contribution in [3.8, 4) is 11.5 Å². The van der Waals surface area contributed by atoms with E-state index in [4.69, 9.17) is 44.3 Å². The Morgan fingerprint density at radius 1 is 1.18 bits per heavy atom. The van der Waals surface area contributed by atoms with Gasteiger partial charge in [-0.15, -0.1) is 0 Å². The van der Waals surface area contributed by atoms with Crippen LogP contribution in [0.1, 0.15) is 32.6 Å². The van der Waals surface area contributed by atoms with Crippen molar-refractivity contribution in [2.75, 3.05) is 7.11 Å². The van der Waals surface area contributed by atoms with E-state index in [0.29, 0.717) is 17.9 Å². The van der Waals surface area contributed by atoms with Gasteiger partial charge in [0, 0.05) is 6.42 Å². The van der Waals surface area contributed by atoms with Crippen molar-refractivity contribution in [2.24, 2.45) is 0 Å². The van der Waals surface area contributed by atoms with Gasteiger partial charge in [0.15, 0.2) is 0 Å². The van der Waals surface area contributed by atoms with Gasteiger partial charge in [-0.25, -0.2) is 0 Å². The number of ether oxygens (including phenoxy) is 2. The first-order chi connectivity index (χ1) is 10.4. The first kappa shape index (κ1) is 19.2. The summed E-state index contributed by atoms with van der Waals surface area (Å²) in [7, 11) is 1.57. The van der Waals surface area contributed by atoms with E-state index in [1.165, 1.54) is 0 Å². The van der Waals surface area contributed by atoms with Gasteiger partial charge in [0.2, 0.25) is 15.9 Å². The third-order valence-corrected chi connectivity index (χ3v) is 3.50. The van der Waals surface area contributed by atoms with Crippen LogP contribution >= 0.6 is 34.8 Å². The van der Waals surface area contributed by atoms with Crippen LogP contribution in [0.5, 0.6) is 11.5 Å². The molecule has 0 spiro atoms. The number of unbranched alkanes of at least 4 members (excludes halogenated alkanes) is 2. The van der Waals surface area contributed by atoms with Crippen LogP contribution in [-0.2, 0) is 4.79 Å². The molecule has 0 saturated heterocycles. The standard InChI is InChI=1S/C15H20Cl3NO3/c1-3-4-5-6-13(20)19-14(15(16,17)18)22-12-9-7-11(21-2)8-10-12/h7-10,14H,3-6H2,1-2H3,(H,19,20)/t14-/m0/s1. The van der Waals surface area contributed by atoms with Gasteiger partial charge in [0.05, 0.1) is 7.11 Å². The maximum atomic E-state index is 11.9. The molecular formula is C15H20Cl3NO3. The minimum atomic E-state index is -1.78. The van der Waals surface area contributed by atoms with Gasteiger partial charge in [0.25, 0.3) is 0 Å². The Morgan fingerprint density at radius 3 is 2.27 bits per heavy atom. The average molecular weight is 369 g/mol. The zero-order valence-corrected chi connectivity index (χ0v) is 14.8. The Labute approximate surface area is 146 Å². The number of alkyl halides is 3. The summed E-state index contributed by atoms with van der Waals surface area (Å²) in [6.45, 7) is 2.06. The first-order valence-electron chi connectivity index (χ1n) is 7.03. The molecule has 0 aromatic heterocycles. The van der Waals surface area contributed by atoms with E-state index < -0.39 is 10.0 Å². The largest absolute Gasteiger partial charge is 0.497 e. The normalized spacial score (nSPS) is 12.6. The summed E-state index contributed by atoms with van der Waals surface area (Å²) in [4.78, 5) is 11.9. The van der Waals surface area contributed by atoms with Gasteiger partial charge in [-0.2, -0.15) is 0 Å². The van der Waals surface area contributed by atoms with E-state index in [9.17, 15) is 4.79 Å². The Morgan fingerprint density at radius 2 is 1.77 bits per heavy atom. The summed E-state index contributed by atoms with van der Waals surface area (Å²) < 4.78 is 8.85. The number of hydrogen-bond donors (Lipinski definition) is 1. The number of halogens is 3. The van der Waals surface area contributed by atoms with Crippen LogP contribution in [-0.4, -0.2) is 23.0 Å². The summed E-state index contributed by atoms with van der Waals surface area (Å²) in [5, 5.41) is 2.60. The van der Waals surface area contributed by atoms with Crippen molar-refractivity contribution < 1.29 is 14.3 Å². The average Bonchev–Trinajstić information content (AvgIpc) is 2.46. The van der Waals surface area contributed by atoms with Crippen LogP contribution in [0.2, 0.25) is 0 Å². The highest BCUT2D eigenvalue weighted by Crippen LogP contribution is 2.32. The number of methoxy groups -OCH3 is 1. The van der Waals surface area contributed by atoms with Gasteiger partial charge in [-0.3, -0.25) is 4.79 Å². The van der Waals surface area contributed by atoms with E-state index in [2.05, 4.69) is 12.2 Å². The van der Waals surface area contributed by atoms with Crippen molar-refractivity contribution in [2.45, 2.75) is 42.6 Å². The molecule has 0 heterocycles. The molecule has 22 heavy (non-hydrogen) atoms. The number of carbonyl (C=O) groups excluding carboxylic acids is 1. The van der Waals surface area contributed by atoms with Crippen LogP contribution in [0.25, 0.3) is 0 Å². The second kappa shape index (κ2) is 9.33. The summed E-state index contributed by atoms with van der Waals surface area (Å²) >= 11 is 17.6. The predicted molar refractivity (Wildman–Crippen MR) is 90.0 cm³/mol. The maximum Gasteiger partial charge on any atom is 0.246 e. The second-order valence-electron chi connectivity index (χ2n) is 4.74. The lowest BCUT2D eigenvalue weighted by Gasteiger charge is -2.26. The van der Waals surface area contributed by atoms with E-state index in [0.717, 1.165) is 19.3 Å². The number of nitrogens with one attached hydrogen (secondary N) is 1. The maximum absolute atomic E-state index is 11.9. The molecule has 7 heteroatoms. The molecule has 0 unspecified atom stereocenters. The first-order valence-corrected chi connectivity index (χ1v) is 8.17. The Balaban J connectivity index is 2.66. The van der Waals surface area contributed by atoms with Gasteiger partial charge < -0.3 is 14.8 Å². The molecule has 0 aliphatic carbocycles. The van der Waals surface area contributed by atoms with Crippen LogP contribution < -0.4 is 14.8 Å². The number of rotatable bonds is 8. The number of carbonyl (C=O) groups is 1. The lowest BCUT2D eigenvalue weighted by atomic mass is 10.2. The molecule has 1 aromatic rings. The summed E-state index contributed by atoms with van der Waals surface area (Å²) in [5.41, 5.74) is 0. The summed E-state index contributed by atoms with van der Waals surface area (Å²) in [6.07, 6.45) is 2.10. The summed E-state index contributed by atoms with van der Waals surface area (Å²) in [6, 6.07) is 6.78. The Kier molecular flexibility index (Phi) is 8.15. The second-order valence-corrected chi connectivity index (χ2v) is 7.11. The number of hydrogen-bond acceptors (Lipinski definition) is 3. The Bertz CT molecular complexity index is 460. The highest BCUT2D eigenvalue weighted by Gasteiger charge is 2.36. The number of benzene rings is 1. The van der Waals surface area contributed by atoms with Crippen molar-refractivity contribution >= 4 is 40.7 Å². The smallest absolute Gasteiger partial charge is 0.246 e. The molecule has 1 amide bonds. The molecule has 0 fully saturated rings. The SMILES string of the molecule is CCCCCC(=O)N[C@@H](Oc1ccc(OC)cc1)C(Cl)(Cl)Cl. The fraction of sp³-hybridized carbons (Fsp3) is 0.533. The monoisotopic (exact) mass is 367 g/mol. The minimum Gasteiger partial charge on any atom is -0.497 e.